The number of phenolic OH excluding ortho intramolecular Hbond substituents is 1. The van der Waals surface area contributed by atoms with Crippen LogP contribution < -0.4 is 16.7 Å². The van der Waals surface area contributed by atoms with Crippen LogP contribution in [-0.2, 0) is 13.6 Å². The third kappa shape index (κ3) is 3.77. The molecule has 0 saturated carbocycles. The van der Waals surface area contributed by atoms with Gasteiger partial charge in [-0.1, -0.05) is 29.8 Å². The van der Waals surface area contributed by atoms with Gasteiger partial charge in [-0.05, 0) is 19.1 Å². The van der Waals surface area contributed by atoms with Crippen molar-refractivity contribution in [3.05, 3.63) is 61.8 Å². The Bertz CT molecular complexity index is 1170. The summed E-state index contributed by atoms with van der Waals surface area (Å²) in [5.74, 6) is 0.327. The van der Waals surface area contributed by atoms with Gasteiger partial charge < -0.3 is 5.11 Å². The number of phenols is 1. The maximum Gasteiger partial charge on any atom is 0.329 e. The van der Waals surface area contributed by atoms with Gasteiger partial charge in [0, 0.05) is 24.2 Å². The Kier molecular flexibility index (Phi) is 5.13. The molecule has 0 fully saturated rings. The Hall–Kier alpha value is -3.33. The minimum absolute atomic E-state index is 0.0797. The molecule has 140 valence electrons. The lowest BCUT2D eigenvalue weighted by Crippen LogP contribution is -2.29. The number of hydrazone groups is 1. The summed E-state index contributed by atoms with van der Waals surface area (Å²) < 4.78 is 2.80. The maximum absolute atomic E-state index is 12.3. The standard InChI is InChI=1S/C17H17ClN6O3/c1-10(18)7-8-24-13-14(23(2)17(27)21-15(13)26)20-16(24)22-19-9-11-5-3-4-6-12(11)25/h3-7,9,25H,8H2,1-2H3,(H,20,22)(H,21,26,27)/b10-7-,19-9+. The van der Waals surface area contributed by atoms with Crippen LogP contribution in [0.4, 0.5) is 5.95 Å². The summed E-state index contributed by atoms with van der Waals surface area (Å²) >= 11 is 5.90. The number of hydrogen-bond acceptors (Lipinski definition) is 6. The number of fused-ring (bicyclic) bond motifs is 1. The predicted octanol–water partition coefficient (Wildman–Crippen LogP) is 1.72. The fourth-order valence-electron chi connectivity index (χ4n) is 2.47. The van der Waals surface area contributed by atoms with E-state index in [4.69, 9.17) is 11.6 Å². The molecule has 0 aliphatic rings. The number of allylic oxidation sites excluding steroid dienone is 2. The molecule has 3 aromatic rings. The lowest BCUT2D eigenvalue weighted by Gasteiger charge is -2.05. The minimum Gasteiger partial charge on any atom is -0.507 e. The Labute approximate surface area is 158 Å². The number of halogens is 1. The molecule has 3 rings (SSSR count). The largest absolute Gasteiger partial charge is 0.507 e. The van der Waals surface area contributed by atoms with Crippen molar-refractivity contribution in [3.63, 3.8) is 0 Å². The second-order valence-corrected chi connectivity index (χ2v) is 6.35. The van der Waals surface area contributed by atoms with Gasteiger partial charge in [0.1, 0.15) is 5.75 Å². The van der Waals surface area contributed by atoms with Crippen molar-refractivity contribution in [2.45, 2.75) is 13.5 Å². The molecule has 0 saturated heterocycles. The summed E-state index contributed by atoms with van der Waals surface area (Å²) in [6, 6.07) is 6.70. The van der Waals surface area contributed by atoms with Gasteiger partial charge in [-0.25, -0.2) is 10.2 Å². The summed E-state index contributed by atoms with van der Waals surface area (Å²) in [6.07, 6.45) is 3.12. The number of anilines is 1. The number of H-pyrrole nitrogens is 1. The average Bonchev–Trinajstić information content (AvgIpc) is 2.99. The third-order valence-electron chi connectivity index (χ3n) is 3.87. The van der Waals surface area contributed by atoms with E-state index in [9.17, 15) is 14.7 Å². The zero-order valence-corrected chi connectivity index (χ0v) is 15.4. The smallest absolute Gasteiger partial charge is 0.329 e. The fraction of sp³-hybridized carbons (Fsp3) is 0.176. The molecule has 27 heavy (non-hydrogen) atoms. The van der Waals surface area contributed by atoms with E-state index in [2.05, 4.69) is 20.5 Å². The van der Waals surface area contributed by atoms with Gasteiger partial charge in [0.25, 0.3) is 5.56 Å². The van der Waals surface area contributed by atoms with Crippen molar-refractivity contribution in [2.75, 3.05) is 5.43 Å². The number of nitrogens with zero attached hydrogens (tertiary/aromatic N) is 4. The first kappa shape index (κ1) is 18.5. The molecule has 0 radical (unpaired) electrons. The number of nitrogens with one attached hydrogen (secondary N) is 2. The highest BCUT2D eigenvalue weighted by atomic mass is 35.5. The van der Waals surface area contributed by atoms with Crippen LogP contribution in [-0.4, -0.2) is 30.4 Å². The van der Waals surface area contributed by atoms with Crippen LogP contribution in [0, 0.1) is 0 Å². The fourth-order valence-corrected chi connectivity index (χ4v) is 2.54. The van der Waals surface area contributed by atoms with Crippen molar-refractivity contribution in [1.29, 1.82) is 0 Å². The number of imidazole rings is 1. The molecule has 0 spiro atoms. The normalized spacial score (nSPS) is 12.2. The van der Waals surface area contributed by atoms with Crippen molar-refractivity contribution >= 4 is 34.9 Å². The lowest BCUT2D eigenvalue weighted by atomic mass is 10.2. The number of para-hydroxylation sites is 1. The van der Waals surface area contributed by atoms with E-state index in [1.54, 1.807) is 41.8 Å². The van der Waals surface area contributed by atoms with E-state index in [0.29, 0.717) is 10.6 Å². The Morgan fingerprint density at radius 3 is 2.85 bits per heavy atom. The number of aromatic amines is 1. The molecule has 2 heterocycles. The molecule has 0 aliphatic heterocycles. The van der Waals surface area contributed by atoms with Gasteiger partial charge in [-0.15, -0.1) is 0 Å². The number of aromatic hydroxyl groups is 1. The first-order valence-electron chi connectivity index (χ1n) is 7.97. The second kappa shape index (κ2) is 7.50. The quantitative estimate of drug-likeness (QED) is 0.454. The number of aromatic nitrogens is 4. The van der Waals surface area contributed by atoms with Gasteiger partial charge in [0.15, 0.2) is 11.2 Å². The number of aryl methyl sites for hydroxylation is 1. The van der Waals surface area contributed by atoms with Crippen LogP contribution in [0.1, 0.15) is 12.5 Å². The summed E-state index contributed by atoms with van der Waals surface area (Å²) in [5, 5.41) is 14.4. The molecule has 9 nitrogen and oxygen atoms in total. The van der Waals surface area contributed by atoms with E-state index in [-0.39, 0.29) is 29.4 Å². The number of rotatable bonds is 5. The van der Waals surface area contributed by atoms with Gasteiger partial charge in [-0.3, -0.25) is 18.9 Å². The molecule has 1 aromatic carbocycles. The minimum atomic E-state index is -0.564. The van der Waals surface area contributed by atoms with Gasteiger partial charge in [0.2, 0.25) is 5.95 Å². The molecule has 0 bridgehead atoms. The summed E-state index contributed by atoms with van der Waals surface area (Å²) in [5.41, 5.74) is 2.56. The molecule has 2 aromatic heterocycles. The van der Waals surface area contributed by atoms with Crippen molar-refractivity contribution < 1.29 is 5.11 Å². The third-order valence-corrected chi connectivity index (χ3v) is 4.02. The van der Waals surface area contributed by atoms with Crippen LogP contribution in [0.15, 0.2) is 50.1 Å². The van der Waals surface area contributed by atoms with E-state index in [1.165, 1.54) is 17.8 Å². The van der Waals surface area contributed by atoms with E-state index in [0.717, 1.165) is 0 Å². The number of hydrogen-bond donors (Lipinski definition) is 3. The van der Waals surface area contributed by atoms with Gasteiger partial charge in [-0.2, -0.15) is 10.1 Å². The van der Waals surface area contributed by atoms with E-state index < -0.39 is 11.2 Å². The SMILES string of the molecule is C/C(Cl)=C/Cn1c(N/N=C/c2ccccc2O)nc2c1c(=O)[nH]c(=O)n2C. The van der Waals surface area contributed by atoms with Crippen LogP contribution in [0.3, 0.4) is 0 Å². The first-order valence-corrected chi connectivity index (χ1v) is 8.35. The van der Waals surface area contributed by atoms with Crippen molar-refractivity contribution in [1.82, 2.24) is 19.1 Å². The zero-order chi connectivity index (χ0) is 19.6. The zero-order valence-electron chi connectivity index (χ0n) is 14.6. The van der Waals surface area contributed by atoms with Crippen LogP contribution in [0.5, 0.6) is 5.75 Å². The Morgan fingerprint density at radius 1 is 1.41 bits per heavy atom. The van der Waals surface area contributed by atoms with Gasteiger partial charge >= 0.3 is 5.69 Å². The molecule has 0 atom stereocenters. The maximum atomic E-state index is 12.3. The highest BCUT2D eigenvalue weighted by Crippen LogP contribution is 2.17. The molecular weight excluding hydrogens is 372 g/mol. The van der Waals surface area contributed by atoms with Crippen LogP contribution >= 0.6 is 11.6 Å². The molecule has 0 aliphatic carbocycles. The van der Waals surface area contributed by atoms with Crippen molar-refractivity contribution in [2.24, 2.45) is 12.1 Å². The van der Waals surface area contributed by atoms with E-state index >= 15 is 0 Å². The topological polar surface area (TPSA) is 117 Å². The van der Waals surface area contributed by atoms with Crippen LogP contribution in [0.25, 0.3) is 11.2 Å². The summed E-state index contributed by atoms with van der Waals surface area (Å²) in [7, 11) is 1.51. The first-order chi connectivity index (χ1) is 12.9. The van der Waals surface area contributed by atoms with E-state index in [1.807, 2.05) is 0 Å². The predicted molar refractivity (Wildman–Crippen MR) is 105 cm³/mol. The van der Waals surface area contributed by atoms with Gasteiger partial charge in [0.05, 0.1) is 6.21 Å². The Morgan fingerprint density at radius 2 is 2.15 bits per heavy atom. The summed E-state index contributed by atoms with van der Waals surface area (Å²) in [6.45, 7) is 1.96. The molecule has 10 heteroatoms. The van der Waals surface area contributed by atoms with Crippen LogP contribution in [0.2, 0.25) is 0 Å². The second-order valence-electron chi connectivity index (χ2n) is 5.76. The Balaban J connectivity index is 2.07. The number of benzene rings is 1. The molecule has 0 amide bonds. The highest BCUT2D eigenvalue weighted by Gasteiger charge is 2.16. The highest BCUT2D eigenvalue weighted by molar-refractivity contribution is 6.29. The lowest BCUT2D eigenvalue weighted by molar-refractivity contribution is 0.474. The molecule has 3 N–H and O–H groups in total. The monoisotopic (exact) mass is 388 g/mol. The summed E-state index contributed by atoms with van der Waals surface area (Å²) in [4.78, 5) is 30.7. The molecule has 0 unspecified atom stereocenters. The average molecular weight is 389 g/mol. The molecular formula is C17H17ClN6O3. The van der Waals surface area contributed by atoms with Crippen molar-refractivity contribution in [3.8, 4) is 5.75 Å².